The Balaban J connectivity index is 1.60. The number of hydrogen-bond donors (Lipinski definition) is 0. The van der Waals surface area contributed by atoms with Crippen molar-refractivity contribution in [3.8, 4) is 17.4 Å². The molecule has 2 heterocycles. The van der Waals surface area contributed by atoms with Crippen LogP contribution in [0.1, 0.15) is 18.1 Å². The zero-order chi connectivity index (χ0) is 18.8. The van der Waals surface area contributed by atoms with Crippen LogP contribution in [0.15, 0.2) is 48.5 Å². The lowest BCUT2D eigenvalue weighted by atomic mass is 10.1. The molecule has 2 aromatic carbocycles. The molecule has 0 fully saturated rings. The van der Waals surface area contributed by atoms with E-state index in [2.05, 4.69) is 4.98 Å². The first-order chi connectivity index (χ1) is 13.2. The van der Waals surface area contributed by atoms with Crippen molar-refractivity contribution in [1.82, 2.24) is 9.88 Å². The normalized spacial score (nSPS) is 13.3. The monoisotopic (exact) mass is 364 g/mol. The third-order valence-corrected chi connectivity index (χ3v) is 4.45. The first-order valence-corrected chi connectivity index (χ1v) is 8.82. The molecule has 3 aromatic rings. The highest BCUT2D eigenvalue weighted by atomic mass is 16.6. The fraction of sp³-hybridized carbons (Fsp3) is 0.238. The second-order valence-corrected chi connectivity index (χ2v) is 6.32. The third kappa shape index (κ3) is 3.51. The maximum Gasteiger partial charge on any atom is 0.417 e. The van der Waals surface area contributed by atoms with Crippen LogP contribution in [0.2, 0.25) is 0 Å². The van der Waals surface area contributed by atoms with Gasteiger partial charge in [-0.15, -0.1) is 0 Å². The van der Waals surface area contributed by atoms with Gasteiger partial charge in [0.2, 0.25) is 5.88 Å². The van der Waals surface area contributed by atoms with Crippen LogP contribution in [0, 0.1) is 0 Å². The van der Waals surface area contributed by atoms with E-state index in [4.69, 9.17) is 14.2 Å². The van der Waals surface area contributed by atoms with Crippen LogP contribution in [0.5, 0.6) is 17.4 Å². The van der Waals surface area contributed by atoms with Crippen LogP contribution in [0.3, 0.4) is 0 Å². The van der Waals surface area contributed by atoms with Crippen molar-refractivity contribution >= 4 is 17.0 Å². The van der Waals surface area contributed by atoms with Gasteiger partial charge in [0, 0.05) is 23.6 Å². The number of carbonyl (C=O) groups is 1. The predicted octanol–water partition coefficient (Wildman–Crippen LogP) is 4.16. The molecule has 0 saturated carbocycles. The Morgan fingerprint density at radius 2 is 2.04 bits per heavy atom. The van der Waals surface area contributed by atoms with Crippen LogP contribution >= 0.6 is 0 Å². The fourth-order valence-corrected chi connectivity index (χ4v) is 3.16. The fourth-order valence-electron chi connectivity index (χ4n) is 3.16. The summed E-state index contributed by atoms with van der Waals surface area (Å²) in [5, 5.41) is 0.983. The van der Waals surface area contributed by atoms with Crippen LogP contribution < -0.4 is 14.2 Å². The van der Waals surface area contributed by atoms with E-state index in [1.165, 1.54) is 0 Å². The number of benzene rings is 2. The Kier molecular flexibility index (Phi) is 4.54. The molecule has 0 aliphatic carbocycles. The van der Waals surface area contributed by atoms with Crippen LogP contribution in [-0.4, -0.2) is 29.7 Å². The minimum Gasteiger partial charge on any atom is -0.497 e. The first kappa shape index (κ1) is 17.1. The van der Waals surface area contributed by atoms with Gasteiger partial charge in [0.1, 0.15) is 11.5 Å². The third-order valence-electron chi connectivity index (χ3n) is 4.45. The minimum absolute atomic E-state index is 0.364. The molecule has 0 spiro atoms. The van der Waals surface area contributed by atoms with Gasteiger partial charge in [0.15, 0.2) is 0 Å². The number of ether oxygens (including phenoxy) is 3. The molecule has 0 radical (unpaired) electrons. The molecule has 27 heavy (non-hydrogen) atoms. The minimum atomic E-state index is -0.405. The molecule has 4 rings (SSSR count). The second-order valence-electron chi connectivity index (χ2n) is 6.32. The van der Waals surface area contributed by atoms with Crippen LogP contribution in [-0.2, 0) is 13.1 Å². The zero-order valence-electron chi connectivity index (χ0n) is 15.3. The van der Waals surface area contributed by atoms with E-state index in [1.54, 1.807) is 12.0 Å². The highest BCUT2D eigenvalue weighted by Crippen LogP contribution is 2.30. The first-order valence-electron chi connectivity index (χ1n) is 8.82. The Bertz CT molecular complexity index is 1000. The average molecular weight is 364 g/mol. The lowest BCUT2D eigenvalue weighted by molar-refractivity contribution is 0.133. The van der Waals surface area contributed by atoms with Gasteiger partial charge in [-0.25, -0.2) is 9.78 Å². The van der Waals surface area contributed by atoms with Gasteiger partial charge in [0.25, 0.3) is 0 Å². The van der Waals surface area contributed by atoms with Crippen molar-refractivity contribution in [3.05, 3.63) is 59.7 Å². The Hall–Kier alpha value is -3.28. The SMILES string of the molecule is CCOc1ccc2cc3c(nc2c1)OC(=O)N(Cc1cccc(OC)c1)C3. The van der Waals surface area contributed by atoms with Crippen molar-refractivity contribution < 1.29 is 19.0 Å². The zero-order valence-corrected chi connectivity index (χ0v) is 15.3. The number of hydrogen-bond acceptors (Lipinski definition) is 5. The number of nitrogens with zero attached hydrogens (tertiary/aromatic N) is 2. The van der Waals surface area contributed by atoms with Crippen molar-refractivity contribution in [3.63, 3.8) is 0 Å². The number of rotatable bonds is 5. The summed E-state index contributed by atoms with van der Waals surface area (Å²) in [5.74, 6) is 1.87. The molecule has 0 unspecified atom stereocenters. The van der Waals surface area contributed by atoms with E-state index in [0.717, 1.165) is 33.5 Å². The number of fused-ring (bicyclic) bond motifs is 2. The van der Waals surface area contributed by atoms with E-state index < -0.39 is 6.09 Å². The summed E-state index contributed by atoms with van der Waals surface area (Å²) < 4.78 is 16.2. The van der Waals surface area contributed by atoms with Crippen molar-refractivity contribution in [2.45, 2.75) is 20.0 Å². The van der Waals surface area contributed by atoms with Gasteiger partial charge in [-0.05, 0) is 42.8 Å². The van der Waals surface area contributed by atoms with Gasteiger partial charge in [-0.1, -0.05) is 12.1 Å². The smallest absolute Gasteiger partial charge is 0.417 e. The number of aromatic nitrogens is 1. The summed E-state index contributed by atoms with van der Waals surface area (Å²) in [6, 6.07) is 15.4. The molecule has 0 N–H and O–H groups in total. The molecular formula is C21H20N2O4. The molecule has 1 aliphatic rings. The van der Waals surface area contributed by atoms with Gasteiger partial charge < -0.3 is 14.2 Å². The molecule has 138 valence electrons. The Morgan fingerprint density at radius 1 is 1.15 bits per heavy atom. The van der Waals surface area contributed by atoms with E-state index in [0.29, 0.717) is 25.6 Å². The van der Waals surface area contributed by atoms with E-state index in [-0.39, 0.29) is 0 Å². The van der Waals surface area contributed by atoms with Crippen LogP contribution in [0.25, 0.3) is 10.9 Å². The lowest BCUT2D eigenvalue weighted by Gasteiger charge is -2.27. The van der Waals surface area contributed by atoms with E-state index in [1.807, 2.05) is 55.5 Å². The highest BCUT2D eigenvalue weighted by Gasteiger charge is 2.26. The lowest BCUT2D eigenvalue weighted by Crippen LogP contribution is -2.36. The summed E-state index contributed by atoms with van der Waals surface area (Å²) >= 11 is 0. The molecule has 1 aliphatic heterocycles. The summed E-state index contributed by atoms with van der Waals surface area (Å²) in [7, 11) is 1.62. The molecule has 0 bridgehead atoms. The largest absolute Gasteiger partial charge is 0.497 e. The van der Waals surface area contributed by atoms with Crippen molar-refractivity contribution in [1.29, 1.82) is 0 Å². The Morgan fingerprint density at radius 3 is 2.85 bits per heavy atom. The van der Waals surface area contributed by atoms with Crippen LogP contribution in [0.4, 0.5) is 4.79 Å². The molecule has 6 nitrogen and oxygen atoms in total. The molecule has 0 atom stereocenters. The molecule has 1 amide bonds. The van der Waals surface area contributed by atoms with Gasteiger partial charge >= 0.3 is 6.09 Å². The molecule has 1 aromatic heterocycles. The highest BCUT2D eigenvalue weighted by molar-refractivity contribution is 5.83. The van der Waals surface area contributed by atoms with Crippen molar-refractivity contribution in [2.24, 2.45) is 0 Å². The maximum atomic E-state index is 12.4. The molecular weight excluding hydrogens is 344 g/mol. The van der Waals surface area contributed by atoms with E-state index >= 15 is 0 Å². The number of pyridine rings is 1. The average Bonchev–Trinajstić information content (AvgIpc) is 2.68. The summed E-state index contributed by atoms with van der Waals surface area (Å²) in [6.45, 7) is 3.41. The quantitative estimate of drug-likeness (QED) is 0.680. The van der Waals surface area contributed by atoms with Crippen molar-refractivity contribution in [2.75, 3.05) is 13.7 Å². The number of methoxy groups -OCH3 is 1. The van der Waals surface area contributed by atoms with Gasteiger partial charge in [-0.3, -0.25) is 4.90 Å². The van der Waals surface area contributed by atoms with Gasteiger partial charge in [0.05, 0.1) is 25.8 Å². The standard InChI is InChI=1S/C21H20N2O4/c1-3-26-18-8-7-15-10-16-13-23(12-14-5-4-6-17(9-14)25-2)21(24)27-20(16)22-19(15)11-18/h4-11H,3,12-13H2,1-2H3. The summed E-state index contributed by atoms with van der Waals surface area (Å²) in [6.07, 6.45) is -0.405. The molecule has 0 saturated heterocycles. The van der Waals surface area contributed by atoms with E-state index in [9.17, 15) is 4.79 Å². The topological polar surface area (TPSA) is 60.9 Å². The van der Waals surface area contributed by atoms with Gasteiger partial charge in [-0.2, -0.15) is 0 Å². The summed E-state index contributed by atoms with van der Waals surface area (Å²) in [5.41, 5.74) is 2.60. The predicted molar refractivity (Wildman–Crippen MR) is 101 cm³/mol. The summed E-state index contributed by atoms with van der Waals surface area (Å²) in [4.78, 5) is 18.6. The molecule has 6 heteroatoms. The maximum absolute atomic E-state index is 12.4. The number of amides is 1. The number of carbonyl (C=O) groups excluding carboxylic acids is 1. The second kappa shape index (κ2) is 7.15. The Labute approximate surface area is 157 Å².